The van der Waals surface area contributed by atoms with Crippen molar-refractivity contribution < 1.29 is 0 Å². The van der Waals surface area contributed by atoms with Crippen LogP contribution in [0.3, 0.4) is 0 Å². The maximum absolute atomic E-state index is 5.08. The number of nitrogens with one attached hydrogen (secondary N) is 2. The van der Waals surface area contributed by atoms with E-state index in [0.29, 0.717) is 0 Å². The van der Waals surface area contributed by atoms with Gasteiger partial charge in [0.05, 0.1) is 17.1 Å². The lowest BCUT2D eigenvalue weighted by molar-refractivity contribution is 0.572. The number of imidazole rings is 1. The SMILES string of the molecule is c1ccc([C@@H]2N=C(c3cccc(-c4nc5ccccc5[nH]4)n3)N[C@H]2c2ccccc2)cc1. The molecule has 1 aliphatic heterocycles. The number of nitrogens with zero attached hydrogens (tertiary/aromatic N) is 3. The van der Waals surface area contributed by atoms with Crippen molar-refractivity contribution >= 4 is 16.9 Å². The second-order valence-corrected chi connectivity index (χ2v) is 7.88. The van der Waals surface area contributed by atoms with Crippen LogP contribution in [0.4, 0.5) is 0 Å². The number of fused-ring (bicyclic) bond motifs is 1. The van der Waals surface area contributed by atoms with E-state index in [1.165, 1.54) is 11.1 Å². The highest BCUT2D eigenvalue weighted by atomic mass is 15.1. The summed E-state index contributed by atoms with van der Waals surface area (Å²) in [7, 11) is 0. The van der Waals surface area contributed by atoms with Gasteiger partial charge in [0.25, 0.3) is 0 Å². The molecule has 0 spiro atoms. The van der Waals surface area contributed by atoms with Crippen molar-refractivity contribution in [2.75, 3.05) is 0 Å². The number of hydrogen-bond donors (Lipinski definition) is 2. The Labute approximate surface area is 185 Å². The zero-order valence-corrected chi connectivity index (χ0v) is 17.3. The van der Waals surface area contributed by atoms with Gasteiger partial charge in [0.1, 0.15) is 23.3 Å². The maximum atomic E-state index is 5.08. The van der Waals surface area contributed by atoms with Gasteiger partial charge < -0.3 is 10.3 Å². The molecule has 3 heterocycles. The molecule has 0 saturated carbocycles. The summed E-state index contributed by atoms with van der Waals surface area (Å²) in [5, 5.41) is 3.63. The number of amidine groups is 1. The van der Waals surface area contributed by atoms with Crippen molar-refractivity contribution in [2.24, 2.45) is 4.99 Å². The zero-order chi connectivity index (χ0) is 21.3. The average Bonchev–Trinajstić information content (AvgIpc) is 3.50. The van der Waals surface area contributed by atoms with E-state index >= 15 is 0 Å². The molecular formula is C27H21N5. The summed E-state index contributed by atoms with van der Waals surface area (Å²) >= 11 is 0. The van der Waals surface area contributed by atoms with Crippen LogP contribution in [0, 0.1) is 0 Å². The fourth-order valence-electron chi connectivity index (χ4n) is 4.23. The first-order chi connectivity index (χ1) is 15.8. The summed E-state index contributed by atoms with van der Waals surface area (Å²) in [4.78, 5) is 18.0. The highest BCUT2D eigenvalue weighted by Crippen LogP contribution is 2.36. The monoisotopic (exact) mass is 415 g/mol. The van der Waals surface area contributed by atoms with Gasteiger partial charge in [-0.25, -0.2) is 9.97 Å². The molecule has 2 N–H and O–H groups in total. The van der Waals surface area contributed by atoms with Crippen LogP contribution in [0.15, 0.2) is 108 Å². The van der Waals surface area contributed by atoms with Crippen LogP contribution in [0.25, 0.3) is 22.6 Å². The number of pyridine rings is 1. The number of aromatic amines is 1. The molecule has 1 aliphatic rings. The summed E-state index contributed by atoms with van der Waals surface area (Å²) in [5.41, 5.74) is 5.91. The van der Waals surface area contributed by atoms with Crippen LogP contribution < -0.4 is 5.32 Å². The molecule has 154 valence electrons. The topological polar surface area (TPSA) is 66.0 Å². The predicted molar refractivity (Wildman–Crippen MR) is 127 cm³/mol. The van der Waals surface area contributed by atoms with Crippen LogP contribution in [-0.4, -0.2) is 20.8 Å². The predicted octanol–water partition coefficient (Wildman–Crippen LogP) is 5.46. The van der Waals surface area contributed by atoms with Gasteiger partial charge in [-0.05, 0) is 35.4 Å². The van der Waals surface area contributed by atoms with Gasteiger partial charge >= 0.3 is 0 Å². The second kappa shape index (κ2) is 7.78. The molecule has 5 heteroatoms. The van der Waals surface area contributed by atoms with Crippen molar-refractivity contribution in [3.05, 3.63) is 120 Å². The third-order valence-electron chi connectivity index (χ3n) is 5.80. The van der Waals surface area contributed by atoms with Gasteiger partial charge in [-0.3, -0.25) is 4.99 Å². The molecule has 0 bridgehead atoms. The number of hydrogen-bond acceptors (Lipinski definition) is 4. The van der Waals surface area contributed by atoms with Crippen molar-refractivity contribution in [1.29, 1.82) is 0 Å². The Morgan fingerprint density at radius 2 is 1.28 bits per heavy atom. The van der Waals surface area contributed by atoms with E-state index in [9.17, 15) is 0 Å². The van der Waals surface area contributed by atoms with Crippen molar-refractivity contribution in [1.82, 2.24) is 20.3 Å². The fraction of sp³-hybridized carbons (Fsp3) is 0.0741. The molecule has 5 nitrogen and oxygen atoms in total. The van der Waals surface area contributed by atoms with Gasteiger partial charge in [-0.1, -0.05) is 78.9 Å². The molecule has 5 aromatic rings. The summed E-state index contributed by atoms with van der Waals surface area (Å²) in [6.07, 6.45) is 0. The van der Waals surface area contributed by atoms with E-state index in [-0.39, 0.29) is 12.1 Å². The van der Waals surface area contributed by atoms with E-state index in [2.05, 4.69) is 58.8 Å². The minimum Gasteiger partial charge on any atom is -0.359 e. The lowest BCUT2D eigenvalue weighted by atomic mass is 9.95. The number of rotatable bonds is 4. The normalized spacial score (nSPS) is 17.8. The Balaban J connectivity index is 1.39. The van der Waals surface area contributed by atoms with E-state index in [0.717, 1.165) is 34.1 Å². The molecule has 0 radical (unpaired) electrons. The maximum Gasteiger partial charge on any atom is 0.157 e. The van der Waals surface area contributed by atoms with Gasteiger partial charge in [-0.15, -0.1) is 0 Å². The minimum absolute atomic E-state index is 0.0229. The van der Waals surface area contributed by atoms with Crippen LogP contribution in [0.1, 0.15) is 28.9 Å². The second-order valence-electron chi connectivity index (χ2n) is 7.88. The third-order valence-corrected chi connectivity index (χ3v) is 5.80. The van der Waals surface area contributed by atoms with Gasteiger partial charge in [-0.2, -0.15) is 0 Å². The van der Waals surface area contributed by atoms with E-state index in [4.69, 9.17) is 15.0 Å². The van der Waals surface area contributed by atoms with Crippen LogP contribution in [0.2, 0.25) is 0 Å². The first-order valence-electron chi connectivity index (χ1n) is 10.7. The fourth-order valence-corrected chi connectivity index (χ4v) is 4.23. The molecule has 6 rings (SSSR count). The molecule has 0 fully saturated rings. The Morgan fingerprint density at radius 3 is 2.06 bits per heavy atom. The summed E-state index contributed by atoms with van der Waals surface area (Å²) in [5.74, 6) is 1.55. The van der Waals surface area contributed by atoms with Crippen LogP contribution >= 0.6 is 0 Å². The van der Waals surface area contributed by atoms with Gasteiger partial charge in [0, 0.05) is 0 Å². The molecular weight excluding hydrogens is 394 g/mol. The Kier molecular flexibility index (Phi) is 4.50. The van der Waals surface area contributed by atoms with Crippen molar-refractivity contribution in [2.45, 2.75) is 12.1 Å². The van der Waals surface area contributed by atoms with Gasteiger partial charge in [0.15, 0.2) is 5.82 Å². The largest absolute Gasteiger partial charge is 0.359 e. The molecule has 0 saturated heterocycles. The molecule has 2 atom stereocenters. The number of aromatic nitrogens is 3. The number of para-hydroxylation sites is 2. The average molecular weight is 416 g/mol. The Bertz CT molecular complexity index is 1370. The first kappa shape index (κ1) is 18.5. The lowest BCUT2D eigenvalue weighted by Gasteiger charge is -2.19. The number of aliphatic imine (C=N–C) groups is 1. The van der Waals surface area contributed by atoms with Crippen LogP contribution in [-0.2, 0) is 0 Å². The molecule has 0 aliphatic carbocycles. The molecule has 2 aromatic heterocycles. The number of H-pyrrole nitrogens is 1. The van der Waals surface area contributed by atoms with Crippen molar-refractivity contribution in [3.63, 3.8) is 0 Å². The van der Waals surface area contributed by atoms with E-state index in [1.54, 1.807) is 0 Å². The quantitative estimate of drug-likeness (QED) is 0.410. The third kappa shape index (κ3) is 3.34. The Hall–Kier alpha value is -4.25. The van der Waals surface area contributed by atoms with Crippen LogP contribution in [0.5, 0.6) is 0 Å². The summed E-state index contributed by atoms with van der Waals surface area (Å²) in [6, 6.07) is 34.9. The lowest BCUT2D eigenvalue weighted by Crippen LogP contribution is -2.25. The molecule has 0 amide bonds. The standard InChI is InChI=1S/C27H21N5/c1-3-10-18(11-4-1)24-25(19-12-5-2-6-13-19)32-27(31-24)23-17-9-16-22(28-23)26-29-20-14-7-8-15-21(20)30-26/h1-17,24-25H,(H,29,30)(H,31,32)/t24-,25-/m0/s1. The van der Waals surface area contributed by atoms with Crippen molar-refractivity contribution in [3.8, 4) is 11.5 Å². The summed E-state index contributed by atoms with van der Waals surface area (Å²) in [6.45, 7) is 0. The van der Waals surface area contributed by atoms with E-state index < -0.39 is 0 Å². The van der Waals surface area contributed by atoms with E-state index in [1.807, 2.05) is 54.6 Å². The highest BCUT2D eigenvalue weighted by molar-refractivity contribution is 5.99. The molecule has 32 heavy (non-hydrogen) atoms. The summed E-state index contributed by atoms with van der Waals surface area (Å²) < 4.78 is 0. The first-order valence-corrected chi connectivity index (χ1v) is 10.7. The Morgan fingerprint density at radius 1 is 0.594 bits per heavy atom. The highest BCUT2D eigenvalue weighted by Gasteiger charge is 2.32. The zero-order valence-electron chi connectivity index (χ0n) is 17.3. The number of benzene rings is 3. The molecule has 0 unspecified atom stereocenters. The van der Waals surface area contributed by atoms with Gasteiger partial charge in [0.2, 0.25) is 0 Å². The smallest absolute Gasteiger partial charge is 0.157 e. The molecule has 3 aromatic carbocycles. The minimum atomic E-state index is -0.0229.